The smallest absolute Gasteiger partial charge is 0.293 e. The minimum Gasteiger partial charge on any atom is -0.318 e. The van der Waals surface area contributed by atoms with Gasteiger partial charge in [-0.1, -0.05) is 11.6 Å². The minimum absolute atomic E-state index is 0. The highest BCUT2D eigenvalue weighted by Crippen LogP contribution is 2.26. The number of nitro groups is 1. The van der Waals surface area contributed by atoms with Crippen LogP contribution < -0.4 is 11.3 Å². The second-order valence-electron chi connectivity index (χ2n) is 2.06. The maximum atomic E-state index is 10.4. The van der Waals surface area contributed by atoms with Gasteiger partial charge in [0, 0.05) is 11.1 Å². The largest absolute Gasteiger partial charge is 0.318 e. The van der Waals surface area contributed by atoms with E-state index in [0.717, 1.165) is 0 Å². The lowest BCUT2D eigenvalue weighted by atomic mass is 10.3. The molecule has 0 amide bonds. The highest BCUT2D eigenvalue weighted by atomic mass is 35.5. The first kappa shape index (κ1) is 12.0. The van der Waals surface area contributed by atoms with Gasteiger partial charge in [-0.2, -0.15) is 0 Å². The third-order valence-corrected chi connectivity index (χ3v) is 1.55. The van der Waals surface area contributed by atoms with Gasteiger partial charge in [0.1, 0.15) is 5.69 Å². The van der Waals surface area contributed by atoms with Crippen LogP contribution in [0.2, 0.25) is 5.02 Å². The predicted molar refractivity (Wildman–Crippen MR) is 53.2 cm³/mol. The molecule has 0 radical (unpaired) electrons. The van der Waals surface area contributed by atoms with Gasteiger partial charge < -0.3 is 5.43 Å². The number of hydrazine groups is 1. The van der Waals surface area contributed by atoms with Crippen molar-refractivity contribution in [3.63, 3.8) is 0 Å². The topological polar surface area (TPSA) is 81.2 Å². The fourth-order valence-electron chi connectivity index (χ4n) is 0.783. The summed E-state index contributed by atoms with van der Waals surface area (Å²) in [6.07, 6.45) is 0. The summed E-state index contributed by atoms with van der Waals surface area (Å²) >= 11 is 5.58. The molecule has 0 aromatic heterocycles. The number of nitrogens with zero attached hydrogens (tertiary/aromatic N) is 1. The zero-order valence-electron chi connectivity index (χ0n) is 6.36. The number of nitrogens with one attached hydrogen (secondary N) is 1. The molecule has 0 spiro atoms. The maximum absolute atomic E-state index is 10.4. The first-order valence-corrected chi connectivity index (χ1v) is 3.43. The molecule has 0 heterocycles. The van der Waals surface area contributed by atoms with Crippen molar-refractivity contribution in [2.75, 3.05) is 5.43 Å². The highest BCUT2D eigenvalue weighted by Gasteiger charge is 2.11. The van der Waals surface area contributed by atoms with Crippen LogP contribution >= 0.6 is 24.0 Å². The van der Waals surface area contributed by atoms with Gasteiger partial charge in [-0.25, -0.2) is 0 Å². The summed E-state index contributed by atoms with van der Waals surface area (Å²) in [4.78, 5) is 9.82. The lowest BCUT2D eigenvalue weighted by Gasteiger charge is -2.00. The number of nitrogens with two attached hydrogens (primary N) is 1. The van der Waals surface area contributed by atoms with Crippen LogP contribution in [0.25, 0.3) is 0 Å². The predicted octanol–water partition coefficient (Wildman–Crippen LogP) is 1.96. The number of halogens is 2. The first-order valence-electron chi connectivity index (χ1n) is 3.05. The molecule has 0 saturated carbocycles. The molecular weight excluding hydrogens is 217 g/mol. The molecule has 0 fully saturated rings. The SMILES string of the molecule is Cl.NNc1cc(Cl)ccc1[N+](=O)[O-]. The third-order valence-electron chi connectivity index (χ3n) is 1.31. The van der Waals surface area contributed by atoms with E-state index >= 15 is 0 Å². The molecule has 0 atom stereocenters. The van der Waals surface area contributed by atoms with Gasteiger partial charge in [0.15, 0.2) is 0 Å². The van der Waals surface area contributed by atoms with Gasteiger partial charge in [0.2, 0.25) is 0 Å². The Labute approximate surface area is 85.4 Å². The fraction of sp³-hybridized carbons (Fsp3) is 0. The molecule has 0 aliphatic rings. The highest BCUT2D eigenvalue weighted by molar-refractivity contribution is 6.31. The van der Waals surface area contributed by atoms with Gasteiger partial charge in [-0.15, -0.1) is 12.4 Å². The van der Waals surface area contributed by atoms with Crippen LogP contribution in [0, 0.1) is 10.1 Å². The van der Waals surface area contributed by atoms with Crippen LogP contribution in [0.4, 0.5) is 11.4 Å². The van der Waals surface area contributed by atoms with Crippen molar-refractivity contribution in [1.82, 2.24) is 0 Å². The molecule has 1 aromatic rings. The quantitative estimate of drug-likeness (QED) is 0.457. The van der Waals surface area contributed by atoms with Crippen LogP contribution in [-0.2, 0) is 0 Å². The average Bonchev–Trinajstić information content (AvgIpc) is 2.03. The van der Waals surface area contributed by atoms with Crippen molar-refractivity contribution in [3.05, 3.63) is 33.3 Å². The zero-order chi connectivity index (χ0) is 9.14. The Morgan fingerprint density at radius 3 is 2.62 bits per heavy atom. The molecule has 5 nitrogen and oxygen atoms in total. The van der Waals surface area contributed by atoms with Gasteiger partial charge in [0.05, 0.1) is 4.92 Å². The molecule has 1 rings (SSSR count). The molecule has 72 valence electrons. The summed E-state index contributed by atoms with van der Waals surface area (Å²) in [7, 11) is 0. The third kappa shape index (κ3) is 2.73. The van der Waals surface area contributed by atoms with E-state index in [9.17, 15) is 10.1 Å². The molecule has 3 N–H and O–H groups in total. The monoisotopic (exact) mass is 223 g/mol. The normalized spacial score (nSPS) is 8.77. The molecule has 1 aromatic carbocycles. The van der Waals surface area contributed by atoms with Crippen molar-refractivity contribution in [2.45, 2.75) is 0 Å². The molecule has 0 unspecified atom stereocenters. The Hall–Kier alpha value is -1.04. The van der Waals surface area contributed by atoms with Crippen molar-refractivity contribution in [3.8, 4) is 0 Å². The van der Waals surface area contributed by atoms with Gasteiger partial charge in [0.25, 0.3) is 5.69 Å². The molecule has 13 heavy (non-hydrogen) atoms. The first-order chi connectivity index (χ1) is 5.65. The molecule has 0 aliphatic heterocycles. The number of nitro benzene ring substituents is 1. The van der Waals surface area contributed by atoms with E-state index in [-0.39, 0.29) is 23.8 Å². The second kappa shape index (κ2) is 4.86. The number of nitrogen functional groups attached to an aromatic ring is 1. The number of rotatable bonds is 2. The minimum atomic E-state index is -0.536. The summed E-state index contributed by atoms with van der Waals surface area (Å²) < 4.78 is 0. The van der Waals surface area contributed by atoms with Gasteiger partial charge in [-0.3, -0.25) is 16.0 Å². The van der Waals surface area contributed by atoms with E-state index in [0.29, 0.717) is 5.02 Å². The summed E-state index contributed by atoms with van der Waals surface area (Å²) in [6.45, 7) is 0. The van der Waals surface area contributed by atoms with E-state index in [1.807, 2.05) is 0 Å². The Bertz CT molecular complexity index is 319. The van der Waals surface area contributed by atoms with Crippen molar-refractivity contribution >= 4 is 35.4 Å². The van der Waals surface area contributed by atoms with E-state index in [2.05, 4.69) is 5.43 Å². The number of hydrogen-bond donors (Lipinski definition) is 2. The fourth-order valence-corrected chi connectivity index (χ4v) is 0.955. The second-order valence-corrected chi connectivity index (χ2v) is 2.50. The lowest BCUT2D eigenvalue weighted by molar-refractivity contribution is -0.384. The van der Waals surface area contributed by atoms with Gasteiger partial charge >= 0.3 is 0 Å². The Balaban J connectivity index is 0.00000144. The van der Waals surface area contributed by atoms with Crippen LogP contribution in [0.3, 0.4) is 0 Å². The number of anilines is 1. The van der Waals surface area contributed by atoms with E-state index in [1.54, 1.807) is 0 Å². The van der Waals surface area contributed by atoms with Crippen LogP contribution in [0.5, 0.6) is 0 Å². The molecule has 0 bridgehead atoms. The van der Waals surface area contributed by atoms with Gasteiger partial charge in [-0.05, 0) is 12.1 Å². The van der Waals surface area contributed by atoms with Crippen molar-refractivity contribution in [2.24, 2.45) is 5.84 Å². The summed E-state index contributed by atoms with van der Waals surface area (Å²) in [5.41, 5.74) is 2.30. The number of benzene rings is 1. The van der Waals surface area contributed by atoms with Crippen LogP contribution in [0.15, 0.2) is 18.2 Å². The van der Waals surface area contributed by atoms with Crippen molar-refractivity contribution < 1.29 is 4.92 Å². The summed E-state index contributed by atoms with van der Waals surface area (Å²) in [5, 5.41) is 10.8. The Morgan fingerprint density at radius 2 is 2.15 bits per heavy atom. The molecule has 0 saturated heterocycles. The molecule has 7 heteroatoms. The van der Waals surface area contributed by atoms with E-state index in [4.69, 9.17) is 17.4 Å². The Morgan fingerprint density at radius 1 is 1.54 bits per heavy atom. The molecular formula is C6H7Cl2N3O2. The standard InChI is InChI=1S/C6H6ClN3O2.ClH/c7-4-1-2-6(10(11)12)5(3-4)9-8;/h1-3,9H,8H2;1H. The van der Waals surface area contributed by atoms with Crippen LogP contribution in [0.1, 0.15) is 0 Å². The summed E-state index contributed by atoms with van der Waals surface area (Å²) in [5.74, 6) is 5.04. The maximum Gasteiger partial charge on any atom is 0.293 e. The summed E-state index contributed by atoms with van der Waals surface area (Å²) in [6, 6.07) is 4.11. The number of hydrogen-bond acceptors (Lipinski definition) is 4. The average molecular weight is 224 g/mol. The van der Waals surface area contributed by atoms with Crippen LogP contribution in [-0.4, -0.2) is 4.92 Å². The molecule has 0 aliphatic carbocycles. The Kier molecular flexibility index (Phi) is 4.47. The van der Waals surface area contributed by atoms with Crippen molar-refractivity contribution in [1.29, 1.82) is 0 Å². The van der Waals surface area contributed by atoms with E-state index in [1.165, 1.54) is 18.2 Å². The van der Waals surface area contributed by atoms with E-state index < -0.39 is 4.92 Å². The lowest BCUT2D eigenvalue weighted by Crippen LogP contribution is -2.08. The zero-order valence-corrected chi connectivity index (χ0v) is 7.93.